The van der Waals surface area contributed by atoms with Gasteiger partial charge in [-0.25, -0.2) is 0 Å². The Balaban J connectivity index is 2.24. The number of hydrogen-bond acceptors (Lipinski definition) is 0. The molecule has 0 atom stereocenters. The van der Waals surface area contributed by atoms with E-state index in [0.29, 0.717) is 0 Å². The van der Waals surface area contributed by atoms with Crippen molar-refractivity contribution in [3.63, 3.8) is 0 Å². The Kier molecular flexibility index (Phi) is 6.48. The van der Waals surface area contributed by atoms with Crippen LogP contribution in [-0.2, 0) is 20.3 Å². The fraction of sp³-hybridized carbons (Fsp3) is 0.600. The molecule has 0 aromatic carbocycles. The van der Waals surface area contributed by atoms with Gasteiger partial charge in [0.1, 0.15) is 0 Å². The zero-order valence-corrected chi connectivity index (χ0v) is 16.9. The summed E-state index contributed by atoms with van der Waals surface area (Å²) >= 11 is -2.28. The van der Waals surface area contributed by atoms with Crippen molar-refractivity contribution in [2.24, 2.45) is 0 Å². The molecule has 0 heterocycles. The zero-order valence-electron chi connectivity index (χ0n) is 14.5. The van der Waals surface area contributed by atoms with Gasteiger partial charge in [-0.3, -0.25) is 0 Å². The van der Waals surface area contributed by atoms with Crippen LogP contribution >= 0.6 is 0 Å². The van der Waals surface area contributed by atoms with E-state index in [0.717, 1.165) is 0 Å². The van der Waals surface area contributed by atoms with Gasteiger partial charge in [-0.05, 0) is 0 Å². The van der Waals surface area contributed by atoms with Crippen LogP contribution in [0.15, 0.2) is 42.0 Å². The van der Waals surface area contributed by atoms with E-state index < -0.39 is 20.3 Å². The van der Waals surface area contributed by atoms with Crippen LogP contribution in [0.1, 0.15) is 65.2 Å². The summed E-state index contributed by atoms with van der Waals surface area (Å²) in [5.74, 6) is 0. The zero-order chi connectivity index (χ0) is 15.3. The molecule has 0 nitrogen and oxygen atoms in total. The first-order valence-electron chi connectivity index (χ1n) is 8.89. The molecule has 0 unspecified atom stereocenters. The van der Waals surface area contributed by atoms with Gasteiger partial charge in [-0.1, -0.05) is 0 Å². The van der Waals surface area contributed by atoms with E-state index in [2.05, 4.69) is 47.4 Å². The van der Waals surface area contributed by atoms with Crippen LogP contribution in [0.2, 0.25) is 9.26 Å². The van der Waals surface area contributed by atoms with E-state index in [1.165, 1.54) is 51.4 Å². The first-order chi connectivity index (χ1) is 10.1. The SMILES string of the molecule is CCCCC1=[C]([Zr]([CH3])([CH3])[C]2=C(CCCC)C=CC2)CC=C1. The summed E-state index contributed by atoms with van der Waals surface area (Å²) in [5, 5.41) is 0. The van der Waals surface area contributed by atoms with Crippen molar-refractivity contribution in [1.82, 2.24) is 0 Å². The average Bonchev–Trinajstić information content (AvgIpc) is 3.11. The number of allylic oxidation sites excluding steroid dienone is 8. The summed E-state index contributed by atoms with van der Waals surface area (Å²) in [7, 11) is 0. The second kappa shape index (κ2) is 7.91. The molecule has 0 aromatic rings. The third kappa shape index (κ3) is 3.98. The fourth-order valence-electron chi connectivity index (χ4n) is 3.80. The molecular formula is C20H32Zr. The summed E-state index contributed by atoms with van der Waals surface area (Å²) < 4.78 is 9.12. The van der Waals surface area contributed by atoms with E-state index >= 15 is 0 Å². The van der Waals surface area contributed by atoms with E-state index in [1.807, 2.05) is 6.56 Å². The predicted molar refractivity (Wildman–Crippen MR) is 92.3 cm³/mol. The van der Waals surface area contributed by atoms with Gasteiger partial charge < -0.3 is 0 Å². The van der Waals surface area contributed by atoms with Gasteiger partial charge in [0, 0.05) is 0 Å². The van der Waals surface area contributed by atoms with Gasteiger partial charge in [0.2, 0.25) is 0 Å². The minimum absolute atomic E-state index is 1.26. The Morgan fingerprint density at radius 1 is 0.810 bits per heavy atom. The average molecular weight is 364 g/mol. The van der Waals surface area contributed by atoms with E-state index in [-0.39, 0.29) is 0 Å². The summed E-state index contributed by atoms with van der Waals surface area (Å²) in [6.45, 7) is 4.61. The van der Waals surface area contributed by atoms with Gasteiger partial charge in [0.25, 0.3) is 0 Å². The van der Waals surface area contributed by atoms with Crippen molar-refractivity contribution >= 4 is 0 Å². The topological polar surface area (TPSA) is 0 Å². The summed E-state index contributed by atoms with van der Waals surface area (Å²) in [5.41, 5.74) is 3.43. The van der Waals surface area contributed by atoms with Crippen molar-refractivity contribution in [2.75, 3.05) is 0 Å². The standard InChI is InChI=1S/2C9H13.2CH3.Zr/c2*1-2-3-6-9-7-4-5-8-9;;;/h2*4,7H,2-3,5-6H2,1H3;2*1H3;. The maximum absolute atomic E-state index is 2.66. The predicted octanol–water partition coefficient (Wildman–Crippen LogP) is 7.04. The molecule has 1 heteroatoms. The first kappa shape index (κ1) is 17.2. The van der Waals surface area contributed by atoms with E-state index in [4.69, 9.17) is 0 Å². The molecule has 0 radical (unpaired) electrons. The normalized spacial score (nSPS) is 18.5. The molecule has 0 aliphatic heterocycles. The molecule has 2 aliphatic rings. The van der Waals surface area contributed by atoms with Crippen LogP contribution in [0.3, 0.4) is 0 Å². The third-order valence-corrected chi connectivity index (χ3v) is 15.2. The van der Waals surface area contributed by atoms with Gasteiger partial charge in [-0.2, -0.15) is 0 Å². The van der Waals surface area contributed by atoms with Gasteiger partial charge in [-0.15, -0.1) is 0 Å². The molecule has 0 saturated heterocycles. The minimum atomic E-state index is -2.28. The van der Waals surface area contributed by atoms with Crippen LogP contribution in [0.5, 0.6) is 0 Å². The Morgan fingerprint density at radius 3 is 1.62 bits per heavy atom. The monoisotopic (exact) mass is 362 g/mol. The second-order valence-electron chi connectivity index (χ2n) is 7.05. The van der Waals surface area contributed by atoms with Crippen LogP contribution in [0.25, 0.3) is 0 Å². The molecule has 2 rings (SSSR count). The number of rotatable bonds is 8. The molecule has 0 fully saturated rings. The Labute approximate surface area is 136 Å². The molecular weight excluding hydrogens is 331 g/mol. The van der Waals surface area contributed by atoms with Crippen molar-refractivity contribution in [3.05, 3.63) is 42.0 Å². The van der Waals surface area contributed by atoms with Crippen LogP contribution < -0.4 is 0 Å². The number of unbranched alkanes of at least 4 members (excludes halogenated alkanes) is 2. The summed E-state index contributed by atoms with van der Waals surface area (Å²) in [6.07, 6.45) is 20.2. The molecule has 0 aromatic heterocycles. The Bertz CT molecular complexity index is 442. The molecule has 0 spiro atoms. The Morgan fingerprint density at radius 2 is 1.24 bits per heavy atom. The number of hydrogen-bond donors (Lipinski definition) is 0. The molecule has 0 amide bonds. The van der Waals surface area contributed by atoms with Crippen LogP contribution in [-0.4, -0.2) is 0 Å². The van der Waals surface area contributed by atoms with Crippen LogP contribution in [0, 0.1) is 0 Å². The molecule has 21 heavy (non-hydrogen) atoms. The van der Waals surface area contributed by atoms with Gasteiger partial charge in [0.05, 0.1) is 0 Å². The molecule has 0 saturated carbocycles. The van der Waals surface area contributed by atoms with E-state index in [9.17, 15) is 0 Å². The van der Waals surface area contributed by atoms with Crippen molar-refractivity contribution < 1.29 is 20.3 Å². The fourth-order valence-corrected chi connectivity index (χ4v) is 12.8. The molecule has 2 aliphatic carbocycles. The van der Waals surface area contributed by atoms with Crippen LogP contribution in [0.4, 0.5) is 0 Å². The van der Waals surface area contributed by atoms with Crippen molar-refractivity contribution in [2.45, 2.75) is 74.5 Å². The van der Waals surface area contributed by atoms with Gasteiger partial charge in [0.15, 0.2) is 0 Å². The molecule has 0 N–H and O–H groups in total. The van der Waals surface area contributed by atoms with Gasteiger partial charge >= 0.3 is 137 Å². The van der Waals surface area contributed by atoms with Crippen molar-refractivity contribution in [3.8, 4) is 0 Å². The third-order valence-electron chi connectivity index (χ3n) is 5.17. The second-order valence-corrected chi connectivity index (χ2v) is 18.0. The van der Waals surface area contributed by atoms with Crippen molar-refractivity contribution in [1.29, 1.82) is 0 Å². The quantitative estimate of drug-likeness (QED) is 0.433. The van der Waals surface area contributed by atoms with E-state index in [1.54, 1.807) is 11.1 Å². The maximum atomic E-state index is 2.66. The molecule has 0 bridgehead atoms. The summed E-state index contributed by atoms with van der Waals surface area (Å²) in [4.78, 5) is 0. The Hall–Kier alpha value is -0.157. The molecule has 116 valence electrons. The summed E-state index contributed by atoms with van der Waals surface area (Å²) in [6, 6.07) is 0. The first-order valence-corrected chi connectivity index (χ1v) is 16.3.